The third-order valence-corrected chi connectivity index (χ3v) is 1.71. The van der Waals surface area contributed by atoms with E-state index in [1.807, 2.05) is 45.9 Å². The fourth-order valence-electron chi connectivity index (χ4n) is 1.08. The second-order valence-electron chi connectivity index (χ2n) is 2.82. The van der Waals surface area contributed by atoms with Gasteiger partial charge in [-0.1, -0.05) is 51.1 Å². The van der Waals surface area contributed by atoms with Crippen LogP contribution >= 0.6 is 0 Å². The zero-order valence-electron chi connectivity index (χ0n) is 11.8. The first-order chi connectivity index (χ1) is 9.34. The smallest absolute Gasteiger partial charge is 0.326 e. The van der Waals surface area contributed by atoms with Gasteiger partial charge in [-0.05, 0) is 12.1 Å². The van der Waals surface area contributed by atoms with Crippen molar-refractivity contribution >= 4 is 17.6 Å². The Morgan fingerprint density at radius 1 is 1.05 bits per heavy atom. The highest BCUT2D eigenvalue weighted by Crippen LogP contribution is 2.07. The van der Waals surface area contributed by atoms with Crippen molar-refractivity contribution in [3.8, 4) is 0 Å². The monoisotopic (exact) mass is 267 g/mol. The molecule has 0 radical (unpaired) electrons. The SMILES string of the molecule is CC.CC.O=C(Nc1ccccc1)Nc1ccno1.[HH].[HH]. The van der Waals surface area contributed by atoms with Crippen LogP contribution in [0.4, 0.5) is 16.4 Å². The molecule has 19 heavy (non-hydrogen) atoms. The molecule has 0 spiro atoms. The van der Waals surface area contributed by atoms with Crippen LogP contribution in [0.15, 0.2) is 47.1 Å². The summed E-state index contributed by atoms with van der Waals surface area (Å²) in [7, 11) is 0. The first kappa shape index (κ1) is 16.7. The van der Waals surface area contributed by atoms with Gasteiger partial charge < -0.3 is 9.84 Å². The Labute approximate surface area is 117 Å². The highest BCUT2D eigenvalue weighted by molar-refractivity contribution is 5.98. The van der Waals surface area contributed by atoms with Crippen LogP contribution < -0.4 is 10.6 Å². The summed E-state index contributed by atoms with van der Waals surface area (Å²) in [5.41, 5.74) is 0.717. The van der Waals surface area contributed by atoms with E-state index in [1.165, 1.54) is 6.20 Å². The largest absolute Gasteiger partial charge is 0.338 e. The number of anilines is 2. The molecule has 2 aromatic rings. The van der Waals surface area contributed by atoms with Crippen LogP contribution in [0.3, 0.4) is 0 Å². The Hall–Kier alpha value is -2.30. The van der Waals surface area contributed by atoms with Gasteiger partial charge in [-0.25, -0.2) is 4.79 Å². The van der Waals surface area contributed by atoms with E-state index in [4.69, 9.17) is 4.52 Å². The molecule has 0 aliphatic heterocycles. The zero-order valence-corrected chi connectivity index (χ0v) is 11.8. The third kappa shape index (κ3) is 6.88. The first-order valence-corrected chi connectivity index (χ1v) is 6.38. The summed E-state index contributed by atoms with van der Waals surface area (Å²) in [6.45, 7) is 8.00. The van der Waals surface area contributed by atoms with Crippen molar-refractivity contribution < 1.29 is 12.2 Å². The lowest BCUT2D eigenvalue weighted by Gasteiger charge is -2.03. The normalized spacial score (nSPS) is 8.21. The molecule has 1 aromatic carbocycles. The zero-order chi connectivity index (χ0) is 14.5. The van der Waals surface area contributed by atoms with Crippen molar-refractivity contribution in [1.29, 1.82) is 0 Å². The summed E-state index contributed by atoms with van der Waals surface area (Å²) < 4.78 is 4.72. The maximum Gasteiger partial charge on any atom is 0.326 e. The summed E-state index contributed by atoms with van der Waals surface area (Å²) in [5, 5.41) is 8.60. The third-order valence-electron chi connectivity index (χ3n) is 1.71. The van der Waals surface area contributed by atoms with Crippen molar-refractivity contribution in [3.05, 3.63) is 42.6 Å². The molecule has 5 nitrogen and oxygen atoms in total. The molecule has 0 saturated heterocycles. The molecule has 0 fully saturated rings. The maximum atomic E-state index is 11.4. The van der Waals surface area contributed by atoms with E-state index in [0.717, 1.165) is 5.69 Å². The topological polar surface area (TPSA) is 67.2 Å². The van der Waals surface area contributed by atoms with Gasteiger partial charge in [0.1, 0.15) is 0 Å². The molecule has 0 atom stereocenters. The Morgan fingerprint density at radius 2 is 1.68 bits per heavy atom. The average molecular weight is 267 g/mol. The molecule has 0 aliphatic carbocycles. The van der Waals surface area contributed by atoms with Gasteiger partial charge in [0.2, 0.25) is 5.88 Å². The lowest BCUT2D eigenvalue weighted by Crippen LogP contribution is -2.18. The summed E-state index contributed by atoms with van der Waals surface area (Å²) in [6, 6.07) is 10.3. The molecular weight excluding hydrogens is 242 g/mol. The second kappa shape index (κ2) is 10.8. The molecule has 5 heteroatoms. The summed E-state index contributed by atoms with van der Waals surface area (Å²) >= 11 is 0. The second-order valence-corrected chi connectivity index (χ2v) is 2.82. The van der Waals surface area contributed by atoms with E-state index in [-0.39, 0.29) is 8.88 Å². The number of hydrogen-bond acceptors (Lipinski definition) is 3. The van der Waals surface area contributed by atoms with Crippen molar-refractivity contribution in [2.45, 2.75) is 27.7 Å². The molecule has 0 saturated carbocycles. The van der Waals surface area contributed by atoms with E-state index in [2.05, 4.69) is 15.8 Å². The summed E-state index contributed by atoms with van der Waals surface area (Å²) in [6.07, 6.45) is 1.46. The number of para-hydroxylation sites is 1. The first-order valence-electron chi connectivity index (χ1n) is 6.38. The highest BCUT2D eigenvalue weighted by atomic mass is 16.5. The van der Waals surface area contributed by atoms with Crippen LogP contribution in [0.5, 0.6) is 0 Å². The van der Waals surface area contributed by atoms with E-state index in [9.17, 15) is 4.79 Å². The van der Waals surface area contributed by atoms with Gasteiger partial charge in [-0.15, -0.1) is 0 Å². The summed E-state index contributed by atoms with van der Waals surface area (Å²) in [4.78, 5) is 11.4. The number of urea groups is 1. The van der Waals surface area contributed by atoms with Crippen LogP contribution in [-0.4, -0.2) is 11.2 Å². The van der Waals surface area contributed by atoms with E-state index >= 15 is 0 Å². The number of aromatic nitrogens is 1. The Kier molecular flexibility index (Phi) is 9.52. The fourth-order valence-corrected chi connectivity index (χ4v) is 1.08. The standard InChI is InChI=1S/C10H9N3O2.2C2H6.2H2/c14-10(13-9-6-7-11-15-9)12-8-4-2-1-3-5-8;2*1-2;;/h1-7H,(H2,12,13,14);2*1-2H3;2*1H. The number of carbonyl (C=O) groups is 1. The molecule has 2 N–H and O–H groups in total. The van der Waals surface area contributed by atoms with E-state index in [0.29, 0.717) is 5.88 Å². The van der Waals surface area contributed by atoms with Gasteiger partial charge in [0, 0.05) is 14.6 Å². The molecule has 1 aromatic heterocycles. The number of nitrogens with one attached hydrogen (secondary N) is 2. The minimum absolute atomic E-state index is 0. The van der Waals surface area contributed by atoms with E-state index < -0.39 is 0 Å². The molecule has 1 heterocycles. The van der Waals surface area contributed by atoms with Crippen molar-refractivity contribution in [3.63, 3.8) is 0 Å². The van der Waals surface area contributed by atoms with Crippen LogP contribution in [0.1, 0.15) is 30.5 Å². The average Bonchev–Trinajstić information content (AvgIpc) is 2.97. The van der Waals surface area contributed by atoms with Gasteiger partial charge in [0.25, 0.3) is 0 Å². The van der Waals surface area contributed by atoms with Gasteiger partial charge in [0.05, 0.1) is 6.20 Å². The predicted octanol–water partition coefficient (Wildman–Crippen LogP) is 4.86. The maximum absolute atomic E-state index is 11.4. The fraction of sp³-hybridized carbons (Fsp3) is 0.286. The summed E-state index contributed by atoms with van der Waals surface area (Å²) in [5.74, 6) is 0.309. The molecule has 108 valence electrons. The number of rotatable bonds is 2. The molecule has 0 aliphatic rings. The van der Waals surface area contributed by atoms with Crippen LogP contribution in [-0.2, 0) is 0 Å². The van der Waals surface area contributed by atoms with Crippen molar-refractivity contribution in [2.24, 2.45) is 0 Å². The quantitative estimate of drug-likeness (QED) is 0.816. The number of carbonyl (C=O) groups excluding carboxylic acids is 1. The molecule has 2 amide bonds. The van der Waals surface area contributed by atoms with Crippen LogP contribution in [0.2, 0.25) is 0 Å². The molecular formula is C14H25N3O2. The van der Waals surface area contributed by atoms with Crippen molar-refractivity contribution in [1.82, 2.24) is 5.16 Å². The number of benzene rings is 1. The number of hydrogen-bond donors (Lipinski definition) is 2. The van der Waals surface area contributed by atoms with Gasteiger partial charge >= 0.3 is 6.03 Å². The Bertz CT molecular complexity index is 437. The lowest BCUT2D eigenvalue weighted by molar-refractivity contribution is 0.261. The predicted molar refractivity (Wildman–Crippen MR) is 82.5 cm³/mol. The molecule has 0 unspecified atom stereocenters. The van der Waals surface area contributed by atoms with Crippen molar-refractivity contribution in [2.75, 3.05) is 10.6 Å². The van der Waals surface area contributed by atoms with Gasteiger partial charge in [-0.2, -0.15) is 0 Å². The van der Waals surface area contributed by atoms with Gasteiger partial charge in [-0.3, -0.25) is 5.32 Å². The minimum Gasteiger partial charge on any atom is -0.338 e. The number of nitrogens with zero attached hydrogens (tertiary/aromatic N) is 1. The molecule has 0 bridgehead atoms. The van der Waals surface area contributed by atoms with E-state index in [1.54, 1.807) is 18.2 Å². The van der Waals surface area contributed by atoms with Crippen LogP contribution in [0, 0.1) is 0 Å². The lowest BCUT2D eigenvalue weighted by atomic mass is 10.3. The minimum atomic E-state index is -0.363. The van der Waals surface area contributed by atoms with Gasteiger partial charge in [0.15, 0.2) is 0 Å². The Morgan fingerprint density at radius 3 is 2.21 bits per heavy atom. The van der Waals surface area contributed by atoms with Crippen LogP contribution in [0.25, 0.3) is 0 Å². The number of amides is 2. The molecule has 2 rings (SSSR count). The Balaban J connectivity index is -0.000000499. The highest BCUT2D eigenvalue weighted by Gasteiger charge is 2.03.